The van der Waals surface area contributed by atoms with Gasteiger partial charge in [0.2, 0.25) is 5.95 Å². The SMILES string of the molecule is Cn1c(=O)n2c3c4c(c(-c5ccc(F)nc5)c(F)cc4ncc31)OCC21CCC1. The molecule has 6 rings (SSSR count). The van der Waals surface area contributed by atoms with Crippen LogP contribution in [0, 0.1) is 11.8 Å². The Morgan fingerprint density at radius 2 is 2.00 bits per heavy atom. The maximum Gasteiger partial charge on any atom is 0.329 e. The topological polar surface area (TPSA) is 61.9 Å². The molecule has 1 aliphatic carbocycles. The molecule has 0 saturated heterocycles. The molecule has 0 bridgehead atoms. The molecule has 4 heterocycles. The number of halogens is 2. The lowest BCUT2D eigenvalue weighted by Crippen LogP contribution is -2.50. The van der Waals surface area contributed by atoms with Gasteiger partial charge in [-0.15, -0.1) is 0 Å². The Morgan fingerprint density at radius 3 is 2.69 bits per heavy atom. The fourth-order valence-corrected chi connectivity index (χ4v) is 4.69. The molecule has 6 nitrogen and oxygen atoms in total. The zero-order valence-electron chi connectivity index (χ0n) is 15.6. The summed E-state index contributed by atoms with van der Waals surface area (Å²) in [5.74, 6) is -0.840. The van der Waals surface area contributed by atoms with E-state index in [-0.39, 0.29) is 17.9 Å². The van der Waals surface area contributed by atoms with Crippen molar-refractivity contribution in [3.63, 3.8) is 0 Å². The highest BCUT2D eigenvalue weighted by molar-refractivity contribution is 6.09. The Kier molecular flexibility index (Phi) is 3.10. The van der Waals surface area contributed by atoms with Crippen LogP contribution in [0.4, 0.5) is 8.78 Å². The molecule has 0 unspecified atom stereocenters. The van der Waals surface area contributed by atoms with E-state index >= 15 is 4.39 Å². The number of imidazole rings is 1. The van der Waals surface area contributed by atoms with Gasteiger partial charge in [0.25, 0.3) is 0 Å². The molecule has 2 aliphatic rings. The predicted molar refractivity (Wildman–Crippen MR) is 103 cm³/mol. The van der Waals surface area contributed by atoms with Crippen molar-refractivity contribution in [2.45, 2.75) is 24.8 Å². The van der Waals surface area contributed by atoms with Crippen molar-refractivity contribution in [2.75, 3.05) is 6.61 Å². The molecular weight excluding hydrogens is 378 g/mol. The van der Waals surface area contributed by atoms with Crippen molar-refractivity contribution in [1.82, 2.24) is 19.1 Å². The second kappa shape index (κ2) is 5.40. The van der Waals surface area contributed by atoms with Crippen LogP contribution >= 0.6 is 0 Å². The molecule has 0 amide bonds. The van der Waals surface area contributed by atoms with Gasteiger partial charge < -0.3 is 4.74 Å². The number of pyridine rings is 2. The summed E-state index contributed by atoms with van der Waals surface area (Å²) in [4.78, 5) is 21.2. The summed E-state index contributed by atoms with van der Waals surface area (Å²) in [6, 6.07) is 4.00. The second-order valence-corrected chi connectivity index (χ2v) is 7.86. The fourth-order valence-electron chi connectivity index (χ4n) is 4.69. The summed E-state index contributed by atoms with van der Waals surface area (Å²) in [7, 11) is 1.72. The first-order valence-electron chi connectivity index (χ1n) is 9.48. The third-order valence-corrected chi connectivity index (χ3v) is 6.34. The van der Waals surface area contributed by atoms with Crippen LogP contribution in [0.1, 0.15) is 19.3 Å². The molecular formula is C21H16F2N4O2. The molecule has 29 heavy (non-hydrogen) atoms. The van der Waals surface area contributed by atoms with Gasteiger partial charge in [0.1, 0.15) is 18.2 Å². The average Bonchev–Trinajstić information content (AvgIpc) is 2.84. The van der Waals surface area contributed by atoms with Crippen molar-refractivity contribution in [2.24, 2.45) is 7.05 Å². The summed E-state index contributed by atoms with van der Waals surface area (Å²) in [6.07, 6.45) is 5.53. The van der Waals surface area contributed by atoms with Gasteiger partial charge in [-0.3, -0.25) is 14.1 Å². The van der Waals surface area contributed by atoms with Crippen molar-refractivity contribution in [3.05, 3.63) is 52.8 Å². The number of aromatic nitrogens is 4. The van der Waals surface area contributed by atoms with Crippen molar-refractivity contribution in [3.8, 4) is 16.9 Å². The molecule has 1 fully saturated rings. The molecule has 0 N–H and O–H groups in total. The Morgan fingerprint density at radius 1 is 1.17 bits per heavy atom. The number of aryl methyl sites for hydroxylation is 1. The Hall–Kier alpha value is -3.29. The van der Waals surface area contributed by atoms with Crippen molar-refractivity contribution >= 4 is 21.9 Å². The van der Waals surface area contributed by atoms with Crippen LogP contribution in [0.5, 0.6) is 5.75 Å². The average molecular weight is 394 g/mol. The highest BCUT2D eigenvalue weighted by atomic mass is 19.1. The summed E-state index contributed by atoms with van der Waals surface area (Å²) in [5.41, 5.74) is 1.85. The molecule has 1 saturated carbocycles. The number of hydrogen-bond donors (Lipinski definition) is 0. The Labute approximate surface area is 163 Å². The van der Waals surface area contributed by atoms with E-state index in [9.17, 15) is 9.18 Å². The van der Waals surface area contributed by atoms with Gasteiger partial charge in [-0.2, -0.15) is 4.39 Å². The normalized spacial score (nSPS) is 16.9. The second-order valence-electron chi connectivity index (χ2n) is 7.86. The fraction of sp³-hybridized carbons (Fsp3) is 0.286. The minimum Gasteiger partial charge on any atom is -0.490 e. The number of fused-ring (bicyclic) bond motifs is 1. The summed E-state index contributed by atoms with van der Waals surface area (Å²) >= 11 is 0. The van der Waals surface area contributed by atoms with E-state index in [2.05, 4.69) is 9.97 Å². The number of benzene rings is 1. The predicted octanol–water partition coefficient (Wildman–Crippen LogP) is 3.50. The van der Waals surface area contributed by atoms with Gasteiger partial charge in [0.05, 0.1) is 39.2 Å². The van der Waals surface area contributed by atoms with Crippen LogP contribution in [0.25, 0.3) is 33.1 Å². The molecule has 0 atom stereocenters. The Bertz CT molecular complexity index is 1380. The van der Waals surface area contributed by atoms with E-state index in [0.29, 0.717) is 33.2 Å². The minimum absolute atomic E-state index is 0.125. The Balaban J connectivity index is 1.80. The maximum absolute atomic E-state index is 15.2. The molecule has 1 spiro atoms. The first-order valence-corrected chi connectivity index (χ1v) is 9.48. The van der Waals surface area contributed by atoms with Crippen molar-refractivity contribution < 1.29 is 13.5 Å². The van der Waals surface area contributed by atoms with Crippen LogP contribution in [-0.2, 0) is 12.6 Å². The molecule has 8 heteroatoms. The lowest BCUT2D eigenvalue weighted by atomic mass is 9.77. The molecule has 4 aromatic rings. The molecule has 3 aromatic heterocycles. The third-order valence-electron chi connectivity index (χ3n) is 6.34. The van der Waals surface area contributed by atoms with E-state index in [1.807, 2.05) is 4.57 Å². The van der Waals surface area contributed by atoms with Crippen LogP contribution in [0.3, 0.4) is 0 Å². The molecule has 0 radical (unpaired) electrons. The third kappa shape index (κ3) is 2.01. The van der Waals surface area contributed by atoms with E-state index in [1.165, 1.54) is 24.4 Å². The zero-order chi connectivity index (χ0) is 19.9. The summed E-state index contributed by atoms with van der Waals surface area (Å²) in [6.45, 7) is 0.265. The van der Waals surface area contributed by atoms with Gasteiger partial charge in [-0.25, -0.2) is 14.2 Å². The molecule has 1 aromatic carbocycles. The van der Waals surface area contributed by atoms with E-state index in [1.54, 1.807) is 17.8 Å². The number of hydrogen-bond acceptors (Lipinski definition) is 4. The number of ether oxygens (including phenoxy) is 1. The van der Waals surface area contributed by atoms with Gasteiger partial charge in [0.15, 0.2) is 0 Å². The lowest BCUT2D eigenvalue weighted by Gasteiger charge is -2.41. The monoisotopic (exact) mass is 394 g/mol. The standard InChI is InChI=1S/C21H16F2N4O2/c1-26-14-9-24-13-7-12(22)16(11-3-4-15(23)25-8-11)19-17(13)18(14)27(20(26)28)21(10-29-19)5-2-6-21/h3-4,7-9H,2,5-6,10H2,1H3. The highest BCUT2D eigenvalue weighted by Crippen LogP contribution is 2.48. The van der Waals surface area contributed by atoms with Gasteiger partial charge >= 0.3 is 5.69 Å². The summed E-state index contributed by atoms with van der Waals surface area (Å²) in [5, 5.41) is 0.602. The highest BCUT2D eigenvalue weighted by Gasteiger charge is 2.45. The number of nitrogens with zero attached hydrogens (tertiary/aromatic N) is 4. The van der Waals surface area contributed by atoms with E-state index in [4.69, 9.17) is 4.74 Å². The first-order chi connectivity index (χ1) is 14.0. The largest absolute Gasteiger partial charge is 0.490 e. The first kappa shape index (κ1) is 16.6. The number of rotatable bonds is 1. The minimum atomic E-state index is -0.642. The summed E-state index contributed by atoms with van der Waals surface area (Å²) < 4.78 is 38.1. The van der Waals surface area contributed by atoms with Gasteiger partial charge in [0, 0.05) is 24.9 Å². The molecule has 1 aliphatic heterocycles. The maximum atomic E-state index is 15.2. The quantitative estimate of drug-likeness (QED) is 0.464. The smallest absolute Gasteiger partial charge is 0.329 e. The van der Waals surface area contributed by atoms with E-state index < -0.39 is 17.3 Å². The lowest BCUT2D eigenvalue weighted by molar-refractivity contribution is 0.0719. The van der Waals surface area contributed by atoms with Gasteiger partial charge in [-0.1, -0.05) is 0 Å². The van der Waals surface area contributed by atoms with Crippen LogP contribution in [-0.4, -0.2) is 25.7 Å². The van der Waals surface area contributed by atoms with Crippen molar-refractivity contribution in [1.29, 1.82) is 0 Å². The van der Waals surface area contributed by atoms with Crippen LogP contribution < -0.4 is 10.4 Å². The zero-order valence-corrected chi connectivity index (χ0v) is 15.6. The van der Waals surface area contributed by atoms with Crippen LogP contribution in [0.15, 0.2) is 35.4 Å². The molecule has 146 valence electrons. The van der Waals surface area contributed by atoms with Gasteiger partial charge in [-0.05, 0) is 31.4 Å². The van der Waals surface area contributed by atoms with E-state index in [0.717, 1.165) is 19.3 Å². The van der Waals surface area contributed by atoms with Crippen LogP contribution in [0.2, 0.25) is 0 Å².